The molecule has 0 unspecified atom stereocenters. The lowest BCUT2D eigenvalue weighted by Gasteiger charge is -2.33. The van der Waals surface area contributed by atoms with Gasteiger partial charge in [-0.15, -0.1) is 0 Å². The molecular weight excluding hydrogens is 212 g/mol. The second-order valence-electron chi connectivity index (χ2n) is 5.22. The van der Waals surface area contributed by atoms with Crippen LogP contribution in [-0.4, -0.2) is 19.3 Å². The van der Waals surface area contributed by atoms with Gasteiger partial charge < -0.3 is 5.11 Å². The molecule has 0 fully saturated rings. The summed E-state index contributed by atoms with van der Waals surface area (Å²) in [5, 5.41) is 11.0. The SMILES string of the molecule is C[Si](C)(c1ccccc1)[C@H]1C=C[C@@H](O)CC1. The summed E-state index contributed by atoms with van der Waals surface area (Å²) in [7, 11) is -1.41. The molecule has 16 heavy (non-hydrogen) atoms. The fraction of sp³-hybridized carbons (Fsp3) is 0.429. The summed E-state index contributed by atoms with van der Waals surface area (Å²) in [4.78, 5) is 0. The average molecular weight is 232 g/mol. The summed E-state index contributed by atoms with van der Waals surface area (Å²) < 4.78 is 0. The smallest absolute Gasteiger partial charge is 0.0873 e. The molecule has 1 nitrogen and oxygen atoms in total. The highest BCUT2D eigenvalue weighted by Gasteiger charge is 2.33. The molecule has 0 bridgehead atoms. The molecule has 1 N–H and O–H groups in total. The number of hydrogen-bond donors (Lipinski definition) is 1. The minimum atomic E-state index is -1.41. The predicted octanol–water partition coefficient (Wildman–Crippen LogP) is 2.68. The van der Waals surface area contributed by atoms with Gasteiger partial charge in [0.15, 0.2) is 0 Å². The molecule has 1 aliphatic carbocycles. The molecule has 86 valence electrons. The molecule has 0 aliphatic heterocycles. The van der Waals surface area contributed by atoms with Gasteiger partial charge in [0.25, 0.3) is 0 Å². The van der Waals surface area contributed by atoms with E-state index in [1.165, 1.54) is 5.19 Å². The molecule has 0 aromatic heterocycles. The number of rotatable bonds is 2. The minimum absolute atomic E-state index is 0.211. The number of aliphatic hydroxyl groups is 1. The van der Waals surface area contributed by atoms with Crippen LogP contribution in [-0.2, 0) is 0 Å². The molecule has 2 heteroatoms. The van der Waals surface area contributed by atoms with E-state index in [1.807, 2.05) is 6.08 Å². The Bertz CT molecular complexity index is 370. The van der Waals surface area contributed by atoms with Crippen LogP contribution in [0.15, 0.2) is 42.5 Å². The van der Waals surface area contributed by atoms with E-state index in [1.54, 1.807) is 0 Å². The lowest BCUT2D eigenvalue weighted by Crippen LogP contribution is -2.46. The fourth-order valence-electron chi connectivity index (χ4n) is 2.49. The predicted molar refractivity (Wildman–Crippen MR) is 71.7 cm³/mol. The highest BCUT2D eigenvalue weighted by atomic mass is 28.3. The number of aliphatic hydroxyl groups excluding tert-OH is 1. The largest absolute Gasteiger partial charge is 0.389 e. The third-order valence-electron chi connectivity index (χ3n) is 3.78. The number of benzene rings is 1. The van der Waals surface area contributed by atoms with Crippen LogP contribution in [0.25, 0.3) is 0 Å². The van der Waals surface area contributed by atoms with Crippen LogP contribution in [0.1, 0.15) is 12.8 Å². The maximum Gasteiger partial charge on any atom is 0.0873 e. The van der Waals surface area contributed by atoms with Crippen LogP contribution in [0.3, 0.4) is 0 Å². The standard InChI is InChI=1S/C14H20OSi/c1-16(2,13-6-4-3-5-7-13)14-10-8-12(15)9-11-14/h3-8,10,12,14-15H,9,11H2,1-2H3/t12-,14+/m1/s1. The van der Waals surface area contributed by atoms with Gasteiger partial charge in [-0.2, -0.15) is 0 Å². The van der Waals surface area contributed by atoms with Crippen LogP contribution >= 0.6 is 0 Å². The second kappa shape index (κ2) is 4.56. The quantitative estimate of drug-likeness (QED) is 0.614. The van der Waals surface area contributed by atoms with E-state index < -0.39 is 8.07 Å². The normalized spacial score (nSPS) is 25.7. The Labute approximate surface area is 98.8 Å². The van der Waals surface area contributed by atoms with Gasteiger partial charge in [0.2, 0.25) is 0 Å². The first-order valence-electron chi connectivity index (χ1n) is 6.02. The Morgan fingerprint density at radius 3 is 2.31 bits per heavy atom. The molecular formula is C14H20OSi. The van der Waals surface area contributed by atoms with E-state index in [0.717, 1.165) is 12.8 Å². The van der Waals surface area contributed by atoms with Crippen LogP contribution < -0.4 is 5.19 Å². The van der Waals surface area contributed by atoms with Crippen LogP contribution in [0, 0.1) is 0 Å². The maximum absolute atomic E-state index is 9.49. The van der Waals surface area contributed by atoms with E-state index in [-0.39, 0.29) is 6.10 Å². The Balaban J connectivity index is 2.23. The summed E-state index contributed by atoms with van der Waals surface area (Å²) in [6.07, 6.45) is 6.06. The van der Waals surface area contributed by atoms with Crippen molar-refractivity contribution in [2.75, 3.05) is 0 Å². The molecule has 0 spiro atoms. The van der Waals surface area contributed by atoms with Gasteiger partial charge in [0.1, 0.15) is 0 Å². The van der Waals surface area contributed by atoms with Gasteiger partial charge in [-0.25, -0.2) is 0 Å². The van der Waals surface area contributed by atoms with Crippen molar-refractivity contribution < 1.29 is 5.11 Å². The van der Waals surface area contributed by atoms with Crippen molar-refractivity contribution in [1.82, 2.24) is 0 Å². The van der Waals surface area contributed by atoms with E-state index in [4.69, 9.17) is 0 Å². The van der Waals surface area contributed by atoms with Crippen molar-refractivity contribution in [3.8, 4) is 0 Å². The topological polar surface area (TPSA) is 20.2 Å². The minimum Gasteiger partial charge on any atom is -0.389 e. The molecule has 0 radical (unpaired) electrons. The first-order valence-corrected chi connectivity index (χ1v) is 9.10. The fourth-order valence-corrected chi connectivity index (χ4v) is 5.45. The van der Waals surface area contributed by atoms with E-state index >= 15 is 0 Å². The molecule has 2 atom stereocenters. The third-order valence-corrected chi connectivity index (χ3v) is 7.94. The summed E-state index contributed by atoms with van der Waals surface area (Å²) in [5.41, 5.74) is 0.665. The van der Waals surface area contributed by atoms with E-state index in [0.29, 0.717) is 5.54 Å². The molecule has 1 aromatic carbocycles. The van der Waals surface area contributed by atoms with Crippen molar-refractivity contribution in [2.24, 2.45) is 0 Å². The van der Waals surface area contributed by atoms with Gasteiger partial charge >= 0.3 is 0 Å². The maximum atomic E-state index is 9.49. The van der Waals surface area contributed by atoms with Gasteiger partial charge in [-0.1, -0.05) is 60.8 Å². The van der Waals surface area contributed by atoms with Gasteiger partial charge in [-0.3, -0.25) is 0 Å². The Morgan fingerprint density at radius 1 is 1.06 bits per heavy atom. The second-order valence-corrected chi connectivity index (χ2v) is 9.99. The first kappa shape index (κ1) is 11.6. The number of allylic oxidation sites excluding steroid dienone is 1. The molecule has 0 heterocycles. The highest BCUT2D eigenvalue weighted by Crippen LogP contribution is 2.32. The van der Waals surface area contributed by atoms with Crippen molar-refractivity contribution >= 4 is 13.3 Å². The molecule has 0 saturated heterocycles. The summed E-state index contributed by atoms with van der Waals surface area (Å²) in [6, 6.07) is 10.8. The summed E-state index contributed by atoms with van der Waals surface area (Å²) in [5.74, 6) is 0. The van der Waals surface area contributed by atoms with E-state index in [2.05, 4.69) is 49.5 Å². The third kappa shape index (κ3) is 2.28. The van der Waals surface area contributed by atoms with Gasteiger partial charge in [-0.05, 0) is 18.4 Å². The number of hydrogen-bond acceptors (Lipinski definition) is 1. The van der Waals surface area contributed by atoms with E-state index in [9.17, 15) is 5.11 Å². The van der Waals surface area contributed by atoms with Crippen molar-refractivity contribution in [3.05, 3.63) is 42.5 Å². The summed E-state index contributed by atoms with van der Waals surface area (Å²) >= 11 is 0. The Kier molecular flexibility index (Phi) is 3.31. The Morgan fingerprint density at radius 2 is 1.75 bits per heavy atom. The van der Waals surface area contributed by atoms with Gasteiger partial charge in [0.05, 0.1) is 14.2 Å². The van der Waals surface area contributed by atoms with Crippen molar-refractivity contribution in [1.29, 1.82) is 0 Å². The first-order chi connectivity index (χ1) is 7.60. The lowest BCUT2D eigenvalue weighted by atomic mass is 10.1. The molecule has 2 rings (SSSR count). The van der Waals surface area contributed by atoms with Crippen molar-refractivity contribution in [2.45, 2.75) is 37.6 Å². The zero-order valence-corrected chi connectivity index (χ0v) is 11.1. The van der Waals surface area contributed by atoms with Crippen LogP contribution in [0.2, 0.25) is 18.6 Å². The molecule has 0 amide bonds. The van der Waals surface area contributed by atoms with Crippen LogP contribution in [0.5, 0.6) is 0 Å². The highest BCUT2D eigenvalue weighted by molar-refractivity contribution is 6.91. The summed E-state index contributed by atoms with van der Waals surface area (Å²) in [6.45, 7) is 4.85. The zero-order valence-electron chi connectivity index (χ0n) is 10.1. The lowest BCUT2D eigenvalue weighted by molar-refractivity contribution is 0.204. The van der Waals surface area contributed by atoms with Gasteiger partial charge in [0, 0.05) is 0 Å². The monoisotopic (exact) mass is 232 g/mol. The molecule has 0 saturated carbocycles. The molecule has 1 aliphatic rings. The van der Waals surface area contributed by atoms with Crippen LogP contribution in [0.4, 0.5) is 0 Å². The Hall–Kier alpha value is -0.863. The molecule has 1 aromatic rings. The average Bonchev–Trinajstić information content (AvgIpc) is 2.31. The van der Waals surface area contributed by atoms with Crippen molar-refractivity contribution in [3.63, 3.8) is 0 Å². The zero-order chi connectivity index (χ0) is 11.6.